The van der Waals surface area contributed by atoms with E-state index in [0.29, 0.717) is 0 Å². The van der Waals surface area contributed by atoms with E-state index >= 15 is 0 Å². The maximum Gasteiger partial charge on any atom is 0.0413 e. The van der Waals surface area contributed by atoms with E-state index < -0.39 is 0 Å². The zero-order valence-electron chi connectivity index (χ0n) is 9.93. The van der Waals surface area contributed by atoms with Crippen LogP contribution in [0.25, 0.3) is 21.2 Å². The van der Waals surface area contributed by atoms with Gasteiger partial charge >= 0.3 is 0 Å². The molecule has 0 unspecified atom stereocenters. The molecule has 0 aliphatic carbocycles. The Morgan fingerprint density at radius 1 is 1.18 bits per heavy atom. The predicted octanol–water partition coefficient (Wildman–Crippen LogP) is 5.12. The van der Waals surface area contributed by atoms with Crippen molar-refractivity contribution in [2.45, 2.75) is 26.2 Å². The maximum atomic E-state index is 8.60. The molecule has 2 aromatic rings. The van der Waals surface area contributed by atoms with E-state index in [9.17, 15) is 0 Å². The van der Waals surface area contributed by atoms with Crippen LogP contribution in [0, 0.1) is 0 Å². The Bertz CT molecular complexity index is 569. The number of aryl methyl sites for hydroxylation is 1. The lowest BCUT2D eigenvalue weighted by molar-refractivity contribution is 0.796. The van der Waals surface area contributed by atoms with E-state index in [-0.39, 0.29) is 0 Å². The third kappa shape index (κ3) is 2.58. The van der Waals surface area contributed by atoms with Crippen LogP contribution in [-0.2, 0) is 6.42 Å². The molecule has 0 radical (unpaired) electrons. The second-order valence-corrected chi connectivity index (χ2v) is 4.12. The third-order valence-electron chi connectivity index (χ3n) is 2.90. The number of azide groups is 1. The van der Waals surface area contributed by atoms with Crippen LogP contribution in [0.1, 0.15) is 25.3 Å². The molecule has 0 N–H and O–H groups in total. The molecular weight excluding hydrogens is 210 g/mol. The van der Waals surface area contributed by atoms with Gasteiger partial charge in [-0.1, -0.05) is 48.8 Å². The molecule has 0 aliphatic rings. The predicted molar refractivity (Wildman–Crippen MR) is 71.4 cm³/mol. The van der Waals surface area contributed by atoms with Crippen LogP contribution in [0.3, 0.4) is 0 Å². The Hall–Kier alpha value is -1.99. The summed E-state index contributed by atoms with van der Waals surface area (Å²) in [6, 6.07) is 12.3. The first-order valence-corrected chi connectivity index (χ1v) is 5.92. The largest absolute Gasteiger partial charge is 0.0654 e. The van der Waals surface area contributed by atoms with Gasteiger partial charge in [0.1, 0.15) is 0 Å². The molecule has 2 aromatic carbocycles. The van der Waals surface area contributed by atoms with Crippen LogP contribution >= 0.6 is 0 Å². The average molecular weight is 225 g/mol. The van der Waals surface area contributed by atoms with Crippen molar-refractivity contribution in [3.63, 3.8) is 0 Å². The van der Waals surface area contributed by atoms with Gasteiger partial charge in [-0.2, -0.15) is 0 Å². The molecule has 86 valence electrons. The molecule has 0 bridgehead atoms. The summed E-state index contributed by atoms with van der Waals surface area (Å²) in [5.41, 5.74) is 10.5. The quantitative estimate of drug-likeness (QED) is 0.393. The Morgan fingerprint density at radius 2 is 1.88 bits per heavy atom. The van der Waals surface area contributed by atoms with E-state index in [1.807, 2.05) is 24.3 Å². The van der Waals surface area contributed by atoms with E-state index in [2.05, 4.69) is 29.1 Å². The summed E-state index contributed by atoms with van der Waals surface area (Å²) in [4.78, 5) is 2.91. The topological polar surface area (TPSA) is 48.8 Å². The Kier molecular flexibility index (Phi) is 3.63. The summed E-state index contributed by atoms with van der Waals surface area (Å²) in [6.45, 7) is 2.16. The molecule has 0 aliphatic heterocycles. The molecule has 0 atom stereocenters. The molecule has 3 nitrogen and oxygen atoms in total. The van der Waals surface area contributed by atoms with E-state index in [4.69, 9.17) is 5.53 Å². The summed E-state index contributed by atoms with van der Waals surface area (Å²) >= 11 is 0. The first-order valence-electron chi connectivity index (χ1n) is 5.92. The smallest absolute Gasteiger partial charge is 0.0413 e. The zero-order valence-corrected chi connectivity index (χ0v) is 9.93. The van der Waals surface area contributed by atoms with Gasteiger partial charge in [-0.15, -0.1) is 0 Å². The molecule has 0 spiro atoms. The summed E-state index contributed by atoms with van der Waals surface area (Å²) < 4.78 is 0. The van der Waals surface area contributed by atoms with Crippen molar-refractivity contribution in [3.8, 4) is 0 Å². The van der Waals surface area contributed by atoms with Crippen LogP contribution in [-0.4, -0.2) is 0 Å². The number of benzene rings is 2. The van der Waals surface area contributed by atoms with Crippen LogP contribution in [0.15, 0.2) is 41.5 Å². The van der Waals surface area contributed by atoms with Gasteiger partial charge < -0.3 is 0 Å². The highest BCUT2D eigenvalue weighted by Gasteiger charge is 2.03. The van der Waals surface area contributed by atoms with Gasteiger partial charge in [-0.05, 0) is 40.8 Å². The second kappa shape index (κ2) is 5.37. The van der Waals surface area contributed by atoms with Gasteiger partial charge in [-0.25, -0.2) is 0 Å². The van der Waals surface area contributed by atoms with Gasteiger partial charge in [0.15, 0.2) is 0 Å². The van der Waals surface area contributed by atoms with Crippen molar-refractivity contribution in [1.29, 1.82) is 0 Å². The summed E-state index contributed by atoms with van der Waals surface area (Å²) in [5, 5.41) is 6.11. The molecule has 0 amide bonds. The van der Waals surface area contributed by atoms with Gasteiger partial charge in [-0.3, -0.25) is 0 Å². The first kappa shape index (κ1) is 11.5. The highest BCUT2D eigenvalue weighted by atomic mass is 15.1. The summed E-state index contributed by atoms with van der Waals surface area (Å²) in [6.07, 6.45) is 3.23. The normalized spacial score (nSPS) is 10.2. The van der Waals surface area contributed by atoms with Crippen LogP contribution in [0.5, 0.6) is 0 Å². The van der Waals surface area contributed by atoms with Crippen molar-refractivity contribution in [1.82, 2.24) is 0 Å². The van der Waals surface area contributed by atoms with E-state index in [0.717, 1.165) is 35.9 Å². The number of hydrogen-bond donors (Lipinski definition) is 0. The highest BCUT2D eigenvalue weighted by molar-refractivity contribution is 5.86. The molecule has 0 saturated carbocycles. The average Bonchev–Trinajstić information content (AvgIpc) is 2.36. The van der Waals surface area contributed by atoms with Gasteiger partial charge in [0, 0.05) is 10.6 Å². The fourth-order valence-electron chi connectivity index (χ4n) is 1.98. The fourth-order valence-corrected chi connectivity index (χ4v) is 1.98. The lowest BCUT2D eigenvalue weighted by atomic mass is 10.0. The highest BCUT2D eigenvalue weighted by Crippen LogP contribution is 2.27. The van der Waals surface area contributed by atoms with Crippen molar-refractivity contribution < 1.29 is 0 Å². The lowest BCUT2D eigenvalue weighted by Crippen LogP contribution is -1.86. The van der Waals surface area contributed by atoms with Crippen molar-refractivity contribution in [3.05, 3.63) is 52.4 Å². The number of hydrogen-bond acceptors (Lipinski definition) is 1. The zero-order chi connectivity index (χ0) is 12.1. The minimum absolute atomic E-state index is 0.764. The molecule has 0 aromatic heterocycles. The number of rotatable bonds is 4. The Morgan fingerprint density at radius 3 is 2.53 bits per heavy atom. The molecule has 17 heavy (non-hydrogen) atoms. The van der Waals surface area contributed by atoms with Crippen molar-refractivity contribution >= 4 is 16.5 Å². The van der Waals surface area contributed by atoms with Crippen LogP contribution in [0.4, 0.5) is 5.69 Å². The number of unbranched alkanes of at least 4 members (excludes halogenated alkanes) is 1. The molecule has 0 heterocycles. The molecule has 0 saturated heterocycles. The third-order valence-corrected chi connectivity index (χ3v) is 2.90. The minimum atomic E-state index is 0.764. The molecule has 2 rings (SSSR count). The second-order valence-electron chi connectivity index (χ2n) is 4.12. The Balaban J connectivity index is 2.53. The fraction of sp³-hybridized carbons (Fsp3) is 0.286. The van der Waals surface area contributed by atoms with Crippen molar-refractivity contribution in [2.75, 3.05) is 0 Å². The molecular formula is C14H15N3. The SMILES string of the molecule is CCCCc1cc2ccccc2cc1N=[N+]=[N-]. The van der Waals surface area contributed by atoms with Crippen LogP contribution < -0.4 is 0 Å². The van der Waals surface area contributed by atoms with E-state index in [1.165, 1.54) is 5.39 Å². The van der Waals surface area contributed by atoms with Gasteiger partial charge in [0.05, 0.1) is 0 Å². The first-order chi connectivity index (χ1) is 8.35. The van der Waals surface area contributed by atoms with E-state index in [1.54, 1.807) is 0 Å². The monoisotopic (exact) mass is 225 g/mol. The standard InChI is InChI=1S/C14H15N3/c1-2-3-6-13-9-11-7-4-5-8-12(11)10-14(13)16-17-15/h4-5,7-10H,2-3,6H2,1H3. The lowest BCUT2D eigenvalue weighted by Gasteiger charge is -2.07. The molecule has 0 fully saturated rings. The summed E-state index contributed by atoms with van der Waals surface area (Å²) in [7, 11) is 0. The van der Waals surface area contributed by atoms with Crippen LogP contribution in [0.2, 0.25) is 0 Å². The van der Waals surface area contributed by atoms with Gasteiger partial charge in [0.25, 0.3) is 0 Å². The summed E-state index contributed by atoms with van der Waals surface area (Å²) in [5.74, 6) is 0. The molecule has 3 heteroatoms. The number of fused-ring (bicyclic) bond motifs is 1. The minimum Gasteiger partial charge on any atom is -0.0654 e. The van der Waals surface area contributed by atoms with Gasteiger partial charge in [0.2, 0.25) is 0 Å². The van der Waals surface area contributed by atoms with Crippen molar-refractivity contribution in [2.24, 2.45) is 5.11 Å². The Labute approximate surface area is 101 Å². The maximum absolute atomic E-state index is 8.60. The number of nitrogens with zero attached hydrogens (tertiary/aromatic N) is 3.